The molecule has 2 heterocycles. The topological polar surface area (TPSA) is 29.9 Å². The van der Waals surface area contributed by atoms with Crippen molar-refractivity contribution >= 4 is 29.0 Å². The Morgan fingerprint density at radius 3 is 2.65 bits per heavy atom. The van der Waals surface area contributed by atoms with Crippen molar-refractivity contribution in [2.75, 3.05) is 11.9 Å². The summed E-state index contributed by atoms with van der Waals surface area (Å²) in [4.78, 5) is 0. The third-order valence-electron chi connectivity index (χ3n) is 4.14. The van der Waals surface area contributed by atoms with E-state index >= 15 is 0 Å². The summed E-state index contributed by atoms with van der Waals surface area (Å²) in [6.45, 7) is 2.98. The zero-order valence-electron chi connectivity index (χ0n) is 12.6. The average Bonchev–Trinajstić information content (AvgIpc) is 3.14. The minimum atomic E-state index is 0.550. The number of nitrogens with one attached hydrogen (secondary N) is 1. The van der Waals surface area contributed by atoms with Gasteiger partial charge in [0, 0.05) is 17.7 Å². The normalized spacial score (nSPS) is 13.0. The Hall–Kier alpha value is -1.97. The molecule has 0 unspecified atom stereocenters. The maximum atomic E-state index is 6.40. The van der Waals surface area contributed by atoms with Crippen molar-refractivity contribution in [1.82, 2.24) is 9.78 Å². The standard InChI is InChI=1S/C18H15Cl2N3/c1-11-5-7-12(8-6-11)23-18-14(9-10-21-18)17(22-23)13-3-2-4-15(19)16(13)20/h2-8,21H,9-10H2,1H3. The fourth-order valence-corrected chi connectivity index (χ4v) is 3.34. The van der Waals surface area contributed by atoms with Gasteiger partial charge in [0.1, 0.15) is 5.82 Å². The molecule has 0 atom stereocenters. The summed E-state index contributed by atoms with van der Waals surface area (Å²) in [6.07, 6.45) is 0.930. The van der Waals surface area contributed by atoms with Crippen LogP contribution < -0.4 is 5.32 Å². The summed E-state index contributed by atoms with van der Waals surface area (Å²) in [6, 6.07) is 14.0. The molecular formula is C18H15Cl2N3. The van der Waals surface area contributed by atoms with Gasteiger partial charge < -0.3 is 5.32 Å². The number of nitrogens with zero attached hydrogens (tertiary/aromatic N) is 2. The van der Waals surface area contributed by atoms with Crippen molar-refractivity contribution in [2.24, 2.45) is 0 Å². The summed E-state index contributed by atoms with van der Waals surface area (Å²) >= 11 is 12.6. The zero-order chi connectivity index (χ0) is 16.0. The monoisotopic (exact) mass is 343 g/mol. The molecule has 23 heavy (non-hydrogen) atoms. The van der Waals surface area contributed by atoms with Crippen LogP contribution in [0.4, 0.5) is 5.82 Å². The summed E-state index contributed by atoms with van der Waals surface area (Å²) in [7, 11) is 0. The van der Waals surface area contributed by atoms with Crippen LogP contribution in [0, 0.1) is 6.92 Å². The number of rotatable bonds is 2. The lowest BCUT2D eigenvalue weighted by molar-refractivity contribution is 0.882. The van der Waals surface area contributed by atoms with Gasteiger partial charge in [0.2, 0.25) is 0 Å². The lowest BCUT2D eigenvalue weighted by atomic mass is 10.1. The van der Waals surface area contributed by atoms with E-state index in [0.717, 1.165) is 35.7 Å². The lowest BCUT2D eigenvalue weighted by Crippen LogP contribution is -2.04. The van der Waals surface area contributed by atoms with Gasteiger partial charge >= 0.3 is 0 Å². The van der Waals surface area contributed by atoms with E-state index in [1.54, 1.807) is 6.07 Å². The van der Waals surface area contributed by atoms with Crippen LogP contribution in [0.25, 0.3) is 16.9 Å². The number of halogens is 2. The Bertz CT molecular complexity index is 882. The number of anilines is 1. The molecule has 0 amide bonds. The fourth-order valence-electron chi connectivity index (χ4n) is 2.95. The van der Waals surface area contributed by atoms with E-state index < -0.39 is 0 Å². The smallest absolute Gasteiger partial charge is 0.133 e. The van der Waals surface area contributed by atoms with E-state index in [4.69, 9.17) is 28.3 Å². The zero-order valence-corrected chi connectivity index (χ0v) is 14.1. The molecule has 0 aliphatic carbocycles. The maximum absolute atomic E-state index is 6.40. The van der Waals surface area contributed by atoms with Gasteiger partial charge in [0.25, 0.3) is 0 Å². The molecule has 1 aromatic heterocycles. The van der Waals surface area contributed by atoms with Crippen LogP contribution in [0.1, 0.15) is 11.1 Å². The van der Waals surface area contributed by atoms with Crippen molar-refractivity contribution in [3.8, 4) is 16.9 Å². The largest absolute Gasteiger partial charge is 0.369 e. The van der Waals surface area contributed by atoms with E-state index in [1.807, 2.05) is 16.8 Å². The van der Waals surface area contributed by atoms with Gasteiger partial charge in [-0.25, -0.2) is 4.68 Å². The summed E-state index contributed by atoms with van der Waals surface area (Å²) in [5, 5.41) is 9.35. The van der Waals surface area contributed by atoms with Crippen molar-refractivity contribution in [3.63, 3.8) is 0 Å². The molecule has 2 aromatic carbocycles. The van der Waals surface area contributed by atoms with Crippen LogP contribution in [0.5, 0.6) is 0 Å². The van der Waals surface area contributed by atoms with E-state index in [-0.39, 0.29) is 0 Å². The van der Waals surface area contributed by atoms with Crippen molar-refractivity contribution in [1.29, 1.82) is 0 Å². The molecule has 116 valence electrons. The van der Waals surface area contributed by atoms with Gasteiger partial charge in [0.05, 0.1) is 21.4 Å². The van der Waals surface area contributed by atoms with E-state index in [1.165, 1.54) is 11.1 Å². The maximum Gasteiger partial charge on any atom is 0.133 e. The molecule has 0 saturated carbocycles. The van der Waals surface area contributed by atoms with E-state index in [9.17, 15) is 0 Å². The first-order chi connectivity index (χ1) is 11.1. The van der Waals surface area contributed by atoms with Crippen LogP contribution in [0.15, 0.2) is 42.5 Å². The average molecular weight is 344 g/mol. The highest BCUT2D eigenvalue weighted by Crippen LogP contribution is 2.39. The van der Waals surface area contributed by atoms with E-state index in [2.05, 4.69) is 36.5 Å². The lowest BCUT2D eigenvalue weighted by Gasteiger charge is -2.07. The summed E-state index contributed by atoms with van der Waals surface area (Å²) < 4.78 is 1.95. The van der Waals surface area contributed by atoms with E-state index in [0.29, 0.717) is 10.0 Å². The van der Waals surface area contributed by atoms with Crippen molar-refractivity contribution in [2.45, 2.75) is 13.3 Å². The Balaban J connectivity index is 1.91. The van der Waals surface area contributed by atoms with Gasteiger partial charge in [-0.05, 0) is 31.5 Å². The van der Waals surface area contributed by atoms with Crippen molar-refractivity contribution < 1.29 is 0 Å². The first-order valence-corrected chi connectivity index (χ1v) is 8.28. The van der Waals surface area contributed by atoms with Crippen LogP contribution in [0.2, 0.25) is 10.0 Å². The second-order valence-corrected chi connectivity index (χ2v) is 6.49. The minimum absolute atomic E-state index is 0.550. The van der Waals surface area contributed by atoms with Crippen LogP contribution in [0.3, 0.4) is 0 Å². The summed E-state index contributed by atoms with van der Waals surface area (Å²) in [5.74, 6) is 1.04. The van der Waals surface area contributed by atoms with Crippen LogP contribution in [-0.4, -0.2) is 16.3 Å². The van der Waals surface area contributed by atoms with Crippen LogP contribution in [-0.2, 0) is 6.42 Å². The minimum Gasteiger partial charge on any atom is -0.369 e. The number of benzene rings is 2. The molecule has 4 rings (SSSR count). The second-order valence-electron chi connectivity index (χ2n) is 5.70. The molecule has 0 spiro atoms. The highest BCUT2D eigenvalue weighted by atomic mass is 35.5. The molecular weight excluding hydrogens is 329 g/mol. The molecule has 3 nitrogen and oxygen atoms in total. The molecule has 1 aliphatic rings. The molecule has 5 heteroatoms. The number of fused-ring (bicyclic) bond motifs is 1. The number of aryl methyl sites for hydroxylation is 1. The van der Waals surface area contributed by atoms with Gasteiger partial charge in [-0.2, -0.15) is 5.10 Å². The Morgan fingerprint density at radius 1 is 1.09 bits per heavy atom. The molecule has 0 bridgehead atoms. The van der Waals surface area contributed by atoms with Gasteiger partial charge in [-0.3, -0.25) is 0 Å². The fraction of sp³-hybridized carbons (Fsp3) is 0.167. The number of aromatic nitrogens is 2. The first kappa shape index (κ1) is 14.6. The Morgan fingerprint density at radius 2 is 1.87 bits per heavy atom. The van der Waals surface area contributed by atoms with Gasteiger partial charge in [-0.15, -0.1) is 0 Å². The predicted molar refractivity (Wildman–Crippen MR) is 96.0 cm³/mol. The molecule has 3 aromatic rings. The second kappa shape index (κ2) is 5.59. The third kappa shape index (κ3) is 2.41. The number of hydrogen-bond acceptors (Lipinski definition) is 2. The molecule has 0 saturated heterocycles. The highest BCUT2D eigenvalue weighted by molar-refractivity contribution is 6.43. The van der Waals surface area contributed by atoms with Crippen LogP contribution >= 0.6 is 23.2 Å². The molecule has 0 radical (unpaired) electrons. The Kier molecular flexibility index (Phi) is 3.55. The van der Waals surface area contributed by atoms with Crippen molar-refractivity contribution in [3.05, 3.63) is 63.6 Å². The summed E-state index contributed by atoms with van der Waals surface area (Å²) in [5.41, 5.74) is 5.23. The van der Waals surface area contributed by atoms with Gasteiger partial charge in [0.15, 0.2) is 0 Å². The SMILES string of the molecule is Cc1ccc(-n2nc(-c3cccc(Cl)c3Cl)c3c2NCC3)cc1. The molecule has 1 aliphatic heterocycles. The first-order valence-electron chi connectivity index (χ1n) is 7.52. The molecule has 1 N–H and O–H groups in total. The Labute approximate surface area is 144 Å². The molecule has 0 fully saturated rings. The predicted octanol–water partition coefficient (Wildman–Crippen LogP) is 5.12. The number of hydrogen-bond donors (Lipinski definition) is 1. The third-order valence-corrected chi connectivity index (χ3v) is 4.96. The highest BCUT2D eigenvalue weighted by Gasteiger charge is 2.25. The quantitative estimate of drug-likeness (QED) is 0.699. The van der Waals surface area contributed by atoms with Gasteiger partial charge in [-0.1, -0.05) is 53.0 Å².